The average Bonchev–Trinajstić information content (AvgIpc) is 2.60. The fourth-order valence-corrected chi connectivity index (χ4v) is 5.24. The molecule has 0 bridgehead atoms. The molecule has 3 rings (SSSR count). The Hall–Kier alpha value is -1.62. The van der Waals surface area contributed by atoms with Crippen LogP contribution >= 0.6 is 0 Å². The zero-order valence-corrected chi connectivity index (χ0v) is 17.7. The van der Waals surface area contributed by atoms with Crippen molar-refractivity contribution in [1.82, 2.24) is 14.8 Å². The van der Waals surface area contributed by atoms with E-state index in [1.165, 1.54) is 6.42 Å². The van der Waals surface area contributed by atoms with Gasteiger partial charge in [0, 0.05) is 45.5 Å². The number of hydrogen-bond acceptors (Lipinski definition) is 4. The highest BCUT2D eigenvalue weighted by molar-refractivity contribution is 5.78. The third kappa shape index (κ3) is 5.22. The first kappa shape index (κ1) is 20.1. The highest BCUT2D eigenvalue weighted by atomic mass is 16.2. The maximum Gasteiger partial charge on any atom is 0.236 e. The van der Waals surface area contributed by atoms with Gasteiger partial charge >= 0.3 is 0 Å². The smallest absolute Gasteiger partial charge is 0.236 e. The van der Waals surface area contributed by atoms with Crippen LogP contribution in [0, 0.1) is 10.8 Å². The number of likely N-dealkylation sites (N-methyl/N-ethyl adjacent to an activating group) is 1. The summed E-state index contributed by atoms with van der Waals surface area (Å²) in [7, 11) is 2.01. The highest BCUT2D eigenvalue weighted by Gasteiger charge is 2.40. The van der Waals surface area contributed by atoms with Gasteiger partial charge in [0.05, 0.1) is 6.54 Å². The molecule has 1 saturated carbocycles. The SMILES string of the molecule is CN(C(=O)CN1CCN(c2ccccn2)CC1)C1CC(C)(C)CC(C)(C)C1. The minimum Gasteiger partial charge on any atom is -0.354 e. The van der Waals surface area contributed by atoms with Gasteiger partial charge in [-0.2, -0.15) is 0 Å². The predicted molar refractivity (Wildman–Crippen MR) is 111 cm³/mol. The molecular formula is C22H36N4O. The molecule has 0 unspecified atom stereocenters. The third-order valence-electron chi connectivity index (χ3n) is 6.18. The van der Waals surface area contributed by atoms with Crippen LogP contribution in [0.2, 0.25) is 0 Å². The predicted octanol–water partition coefficient (Wildman–Crippen LogP) is 3.27. The van der Waals surface area contributed by atoms with Crippen LogP contribution in [0.5, 0.6) is 0 Å². The van der Waals surface area contributed by atoms with E-state index in [0.717, 1.165) is 44.8 Å². The molecule has 1 saturated heterocycles. The molecule has 2 heterocycles. The van der Waals surface area contributed by atoms with Crippen LogP contribution < -0.4 is 4.90 Å². The zero-order valence-electron chi connectivity index (χ0n) is 17.7. The van der Waals surface area contributed by atoms with E-state index in [9.17, 15) is 4.79 Å². The molecule has 1 aliphatic heterocycles. The highest BCUT2D eigenvalue weighted by Crippen LogP contribution is 2.46. The third-order valence-corrected chi connectivity index (χ3v) is 6.18. The zero-order chi connectivity index (χ0) is 19.7. The molecule has 0 radical (unpaired) electrons. The van der Waals surface area contributed by atoms with Crippen LogP contribution in [-0.4, -0.2) is 66.5 Å². The Kier molecular flexibility index (Phi) is 5.80. The number of piperazine rings is 1. The van der Waals surface area contributed by atoms with Crippen LogP contribution in [0.3, 0.4) is 0 Å². The number of amides is 1. The van der Waals surface area contributed by atoms with Gasteiger partial charge in [-0.25, -0.2) is 4.98 Å². The molecule has 0 aromatic carbocycles. The lowest BCUT2D eigenvalue weighted by Gasteiger charge is -2.48. The number of aromatic nitrogens is 1. The molecular weight excluding hydrogens is 336 g/mol. The Balaban J connectivity index is 1.52. The van der Waals surface area contributed by atoms with E-state index in [2.05, 4.69) is 48.5 Å². The van der Waals surface area contributed by atoms with Gasteiger partial charge in [0.15, 0.2) is 0 Å². The second-order valence-corrected chi connectivity index (χ2v) is 10.0. The van der Waals surface area contributed by atoms with E-state index < -0.39 is 0 Å². The number of carbonyl (C=O) groups is 1. The second kappa shape index (κ2) is 7.78. The van der Waals surface area contributed by atoms with E-state index in [1.807, 2.05) is 30.3 Å². The lowest BCUT2D eigenvalue weighted by Crippen LogP contribution is -2.52. The molecule has 1 aliphatic carbocycles. The molecule has 5 heteroatoms. The number of nitrogens with zero attached hydrogens (tertiary/aromatic N) is 4. The Morgan fingerprint density at radius 2 is 1.74 bits per heavy atom. The molecule has 5 nitrogen and oxygen atoms in total. The molecule has 1 aromatic heterocycles. The molecule has 0 spiro atoms. The number of pyridine rings is 1. The van der Waals surface area contributed by atoms with Gasteiger partial charge < -0.3 is 9.80 Å². The van der Waals surface area contributed by atoms with Crippen LogP contribution in [0.4, 0.5) is 5.82 Å². The Morgan fingerprint density at radius 3 is 2.30 bits per heavy atom. The van der Waals surface area contributed by atoms with E-state index in [0.29, 0.717) is 23.4 Å². The lowest BCUT2D eigenvalue weighted by atomic mass is 9.63. The van der Waals surface area contributed by atoms with Gasteiger partial charge in [-0.1, -0.05) is 33.8 Å². The van der Waals surface area contributed by atoms with Crippen LogP contribution in [0.25, 0.3) is 0 Å². The Labute approximate surface area is 164 Å². The van der Waals surface area contributed by atoms with E-state index in [4.69, 9.17) is 0 Å². The molecule has 1 amide bonds. The summed E-state index contributed by atoms with van der Waals surface area (Å²) in [5, 5.41) is 0. The lowest BCUT2D eigenvalue weighted by molar-refractivity contribution is -0.135. The van der Waals surface area contributed by atoms with Crippen molar-refractivity contribution in [2.24, 2.45) is 10.8 Å². The first-order valence-electron chi connectivity index (χ1n) is 10.3. The maximum absolute atomic E-state index is 12.9. The number of rotatable bonds is 4. The summed E-state index contributed by atoms with van der Waals surface area (Å²) in [5.41, 5.74) is 0.602. The van der Waals surface area contributed by atoms with Crippen molar-refractivity contribution < 1.29 is 4.79 Å². The molecule has 2 fully saturated rings. The maximum atomic E-state index is 12.9. The fraction of sp³-hybridized carbons (Fsp3) is 0.727. The summed E-state index contributed by atoms with van der Waals surface area (Å²) >= 11 is 0. The van der Waals surface area contributed by atoms with E-state index in [-0.39, 0.29) is 5.91 Å². The standard InChI is InChI=1S/C22H36N4O/c1-21(2)14-18(15-22(3,4)17-21)24(5)20(27)16-25-10-12-26(13-11-25)19-8-6-7-9-23-19/h6-9,18H,10-17H2,1-5H3. The fourth-order valence-electron chi connectivity index (χ4n) is 5.24. The summed E-state index contributed by atoms with van der Waals surface area (Å²) in [4.78, 5) is 24.0. The van der Waals surface area contributed by atoms with E-state index in [1.54, 1.807) is 0 Å². The summed E-state index contributed by atoms with van der Waals surface area (Å²) in [6, 6.07) is 6.38. The Bertz CT molecular complexity index is 619. The molecule has 0 atom stereocenters. The number of anilines is 1. The van der Waals surface area contributed by atoms with Crippen LogP contribution in [-0.2, 0) is 4.79 Å². The second-order valence-electron chi connectivity index (χ2n) is 10.0. The molecule has 2 aliphatic rings. The van der Waals surface area contributed by atoms with Gasteiger partial charge in [-0.05, 0) is 42.2 Å². The topological polar surface area (TPSA) is 39.7 Å². The molecule has 150 valence electrons. The van der Waals surface area contributed by atoms with Crippen molar-refractivity contribution in [1.29, 1.82) is 0 Å². The van der Waals surface area contributed by atoms with Crippen molar-refractivity contribution in [2.75, 3.05) is 44.7 Å². The molecule has 27 heavy (non-hydrogen) atoms. The van der Waals surface area contributed by atoms with Crippen molar-refractivity contribution in [2.45, 2.75) is 53.0 Å². The van der Waals surface area contributed by atoms with Gasteiger partial charge in [0.25, 0.3) is 0 Å². The van der Waals surface area contributed by atoms with Gasteiger partial charge in [0.2, 0.25) is 5.91 Å². The quantitative estimate of drug-likeness (QED) is 0.813. The van der Waals surface area contributed by atoms with Gasteiger partial charge in [-0.3, -0.25) is 9.69 Å². The van der Waals surface area contributed by atoms with Gasteiger partial charge in [0.1, 0.15) is 5.82 Å². The minimum absolute atomic E-state index is 0.264. The largest absolute Gasteiger partial charge is 0.354 e. The van der Waals surface area contributed by atoms with Crippen LogP contribution in [0.15, 0.2) is 24.4 Å². The summed E-state index contributed by atoms with van der Waals surface area (Å²) in [6.45, 7) is 13.6. The normalized spacial score (nSPS) is 23.2. The van der Waals surface area contributed by atoms with Crippen molar-refractivity contribution in [3.63, 3.8) is 0 Å². The van der Waals surface area contributed by atoms with Crippen molar-refractivity contribution in [3.8, 4) is 0 Å². The van der Waals surface area contributed by atoms with Crippen LogP contribution in [0.1, 0.15) is 47.0 Å². The summed E-state index contributed by atoms with van der Waals surface area (Å²) in [6.07, 6.45) is 5.28. The van der Waals surface area contributed by atoms with E-state index >= 15 is 0 Å². The summed E-state index contributed by atoms with van der Waals surface area (Å²) < 4.78 is 0. The average molecular weight is 373 g/mol. The Morgan fingerprint density at radius 1 is 1.11 bits per heavy atom. The minimum atomic E-state index is 0.264. The van der Waals surface area contributed by atoms with Crippen molar-refractivity contribution >= 4 is 11.7 Å². The summed E-state index contributed by atoms with van der Waals surface area (Å²) in [5.74, 6) is 1.30. The monoisotopic (exact) mass is 372 g/mol. The first-order valence-corrected chi connectivity index (χ1v) is 10.3. The van der Waals surface area contributed by atoms with Crippen molar-refractivity contribution in [3.05, 3.63) is 24.4 Å². The molecule has 1 aromatic rings. The number of carbonyl (C=O) groups excluding carboxylic acids is 1. The molecule has 0 N–H and O–H groups in total. The van der Waals surface area contributed by atoms with Gasteiger partial charge in [-0.15, -0.1) is 0 Å². The number of hydrogen-bond donors (Lipinski definition) is 0. The first-order chi connectivity index (χ1) is 12.7.